The van der Waals surface area contributed by atoms with Gasteiger partial charge in [0.25, 0.3) is 0 Å². The van der Waals surface area contributed by atoms with Gasteiger partial charge in [-0.2, -0.15) is 0 Å². The number of aryl methyl sites for hydroxylation is 10. The van der Waals surface area contributed by atoms with Crippen molar-refractivity contribution >= 4 is 51.2 Å². The summed E-state index contributed by atoms with van der Waals surface area (Å²) in [5.74, 6) is 0.598. The molecular formula is C85H97N3. The van der Waals surface area contributed by atoms with E-state index in [0.717, 1.165) is 22.7 Å². The molecule has 0 radical (unpaired) electrons. The standard InChI is InChI=1S/C44H52N2.C24H27N.C17H18/c1-29-13-17-37(18-14-29)45(41-31(3)25-35(26-32(41)4)43(7,8)9)39-21-23-40(24-22-39)46(38-19-15-30(2)16-20-38)42-33(5)27-36(28-34(42)6)44(10,11)12;1-5-20(4)21-10-16-24(17-11-21)25(22-12-6-18(2)7-13-22)23-14-8-19(3)9-15-23;1-11-5-7-13-14-8-6-12(2)10-16(14)17(3,4)15(13)9-11/h13-28H,1-12H3;6-17,20H,5H2,1-4H3;5-10H,1-4H3. The molecule has 0 N–H and O–H groups in total. The van der Waals surface area contributed by atoms with Crippen molar-refractivity contribution in [2.45, 2.75) is 167 Å². The van der Waals surface area contributed by atoms with Gasteiger partial charge in [0.1, 0.15) is 0 Å². The summed E-state index contributed by atoms with van der Waals surface area (Å²) in [6, 6.07) is 76.4. The minimum absolute atomic E-state index is 0.0885. The molecule has 11 rings (SSSR count). The molecule has 3 heteroatoms. The second-order valence-electron chi connectivity index (χ2n) is 27.9. The molecule has 0 saturated carbocycles. The summed E-state index contributed by atoms with van der Waals surface area (Å²) in [6.07, 6.45) is 1.17. The molecule has 88 heavy (non-hydrogen) atoms. The Hall–Kier alpha value is -8.40. The fourth-order valence-electron chi connectivity index (χ4n) is 12.4. The highest BCUT2D eigenvalue weighted by Crippen LogP contribution is 2.50. The molecule has 452 valence electrons. The van der Waals surface area contributed by atoms with Gasteiger partial charge in [0.2, 0.25) is 0 Å². The van der Waals surface area contributed by atoms with Gasteiger partial charge in [-0.15, -0.1) is 0 Å². The second kappa shape index (κ2) is 26.1. The number of anilines is 9. The SMILES string of the molecule is CCC(C)c1ccc(N(c2ccc(C)cc2)c2ccc(C)cc2)cc1.Cc1ccc(N(c2ccc(N(c3ccc(C)cc3)c3c(C)cc(C(C)(C)C)cc3C)cc2)c2c(C)cc(C(C)(C)C)cc2C)cc1.Cc1ccc2c(c1)C(C)(C)c1cc(C)ccc1-2. The van der Waals surface area contributed by atoms with Crippen molar-refractivity contribution in [2.24, 2.45) is 0 Å². The molecule has 1 unspecified atom stereocenters. The van der Waals surface area contributed by atoms with Gasteiger partial charge in [0.15, 0.2) is 0 Å². The fraction of sp³-hybridized carbons (Fsp3) is 0.294. The number of hydrogen-bond acceptors (Lipinski definition) is 3. The zero-order valence-corrected chi connectivity index (χ0v) is 56.8. The molecule has 0 bridgehead atoms. The first-order chi connectivity index (χ1) is 41.6. The van der Waals surface area contributed by atoms with Gasteiger partial charge in [-0.1, -0.05) is 224 Å². The summed E-state index contributed by atoms with van der Waals surface area (Å²) in [6.45, 7) is 44.8. The monoisotopic (exact) mass is 1160 g/mol. The summed E-state index contributed by atoms with van der Waals surface area (Å²) in [4.78, 5) is 7.16. The first-order valence-electron chi connectivity index (χ1n) is 32.0. The Labute approximate surface area is 530 Å². The Morgan fingerprint density at radius 2 is 0.557 bits per heavy atom. The molecule has 1 atom stereocenters. The maximum absolute atomic E-state index is 2.42. The number of hydrogen-bond donors (Lipinski definition) is 0. The van der Waals surface area contributed by atoms with E-state index in [1.54, 1.807) is 0 Å². The molecule has 1 aliphatic rings. The Morgan fingerprint density at radius 1 is 0.318 bits per heavy atom. The Kier molecular flexibility index (Phi) is 19.0. The lowest BCUT2D eigenvalue weighted by molar-refractivity contribution is 0.589. The van der Waals surface area contributed by atoms with Gasteiger partial charge in [0, 0.05) is 45.2 Å². The number of fused-ring (bicyclic) bond motifs is 3. The lowest BCUT2D eigenvalue weighted by Gasteiger charge is -2.32. The van der Waals surface area contributed by atoms with Gasteiger partial charge in [0.05, 0.1) is 11.4 Å². The van der Waals surface area contributed by atoms with Crippen LogP contribution in [0.4, 0.5) is 51.2 Å². The molecule has 10 aromatic carbocycles. The van der Waals surface area contributed by atoms with Crippen LogP contribution >= 0.6 is 0 Å². The van der Waals surface area contributed by atoms with Crippen LogP contribution in [0.3, 0.4) is 0 Å². The number of benzene rings is 10. The van der Waals surface area contributed by atoms with E-state index in [1.165, 1.54) is 129 Å². The predicted molar refractivity (Wildman–Crippen MR) is 384 cm³/mol. The van der Waals surface area contributed by atoms with Gasteiger partial charge in [-0.3, -0.25) is 0 Å². The Bertz CT molecular complexity index is 3730. The van der Waals surface area contributed by atoms with Crippen molar-refractivity contribution in [3.63, 3.8) is 0 Å². The first kappa shape index (κ1) is 64.1. The summed E-state index contributed by atoms with van der Waals surface area (Å²) in [5.41, 5.74) is 33.7. The number of nitrogens with zero attached hydrogens (tertiary/aromatic N) is 3. The Morgan fingerprint density at radius 3 is 0.818 bits per heavy atom. The van der Waals surface area contributed by atoms with Crippen LogP contribution in [0.1, 0.15) is 165 Å². The van der Waals surface area contributed by atoms with Crippen LogP contribution in [-0.4, -0.2) is 0 Å². The molecule has 0 aromatic heterocycles. The van der Waals surface area contributed by atoms with Crippen molar-refractivity contribution in [1.82, 2.24) is 0 Å². The van der Waals surface area contributed by atoms with E-state index in [2.05, 4.69) is 359 Å². The largest absolute Gasteiger partial charge is 0.311 e. The molecule has 0 spiro atoms. The first-order valence-corrected chi connectivity index (χ1v) is 32.0. The minimum atomic E-state index is 0.0885. The summed E-state index contributed by atoms with van der Waals surface area (Å²) >= 11 is 0. The lowest BCUT2D eigenvalue weighted by Crippen LogP contribution is -2.17. The number of rotatable bonds is 11. The van der Waals surface area contributed by atoms with Crippen LogP contribution in [0.25, 0.3) is 11.1 Å². The summed E-state index contributed by atoms with van der Waals surface area (Å²) in [5, 5.41) is 0. The van der Waals surface area contributed by atoms with Crippen LogP contribution in [0.5, 0.6) is 0 Å². The van der Waals surface area contributed by atoms with E-state index >= 15 is 0 Å². The zero-order chi connectivity index (χ0) is 63.6. The molecular weight excluding hydrogens is 1060 g/mol. The van der Waals surface area contributed by atoms with Crippen LogP contribution in [-0.2, 0) is 16.2 Å². The van der Waals surface area contributed by atoms with Crippen LogP contribution < -0.4 is 14.7 Å². The topological polar surface area (TPSA) is 9.72 Å². The lowest BCUT2D eigenvalue weighted by atomic mass is 9.81. The Balaban J connectivity index is 0.000000181. The highest BCUT2D eigenvalue weighted by molar-refractivity contribution is 5.86. The van der Waals surface area contributed by atoms with E-state index in [4.69, 9.17) is 0 Å². The highest BCUT2D eigenvalue weighted by Gasteiger charge is 2.35. The van der Waals surface area contributed by atoms with Gasteiger partial charge in [-0.25, -0.2) is 0 Å². The summed E-state index contributed by atoms with van der Waals surface area (Å²) < 4.78 is 0. The van der Waals surface area contributed by atoms with Gasteiger partial charge < -0.3 is 14.7 Å². The molecule has 3 nitrogen and oxygen atoms in total. The molecule has 0 amide bonds. The molecule has 0 saturated heterocycles. The molecule has 0 fully saturated rings. The average Bonchev–Trinajstić information content (AvgIpc) is 1.61. The maximum atomic E-state index is 2.42. The van der Waals surface area contributed by atoms with E-state index in [0.29, 0.717) is 5.92 Å². The fourth-order valence-corrected chi connectivity index (χ4v) is 12.4. The molecule has 0 aliphatic heterocycles. The van der Waals surface area contributed by atoms with E-state index < -0.39 is 0 Å². The molecule has 10 aromatic rings. The van der Waals surface area contributed by atoms with Gasteiger partial charge in [-0.05, 0) is 239 Å². The van der Waals surface area contributed by atoms with Gasteiger partial charge >= 0.3 is 0 Å². The molecule has 1 aliphatic carbocycles. The third-order valence-electron chi connectivity index (χ3n) is 18.0. The zero-order valence-electron chi connectivity index (χ0n) is 56.8. The summed E-state index contributed by atoms with van der Waals surface area (Å²) in [7, 11) is 0. The van der Waals surface area contributed by atoms with Crippen molar-refractivity contribution < 1.29 is 0 Å². The smallest absolute Gasteiger partial charge is 0.0520 e. The quantitative estimate of drug-likeness (QED) is 0.128. The van der Waals surface area contributed by atoms with Crippen molar-refractivity contribution in [3.8, 4) is 11.1 Å². The third kappa shape index (κ3) is 14.1. The predicted octanol–water partition coefficient (Wildman–Crippen LogP) is 25.0. The van der Waals surface area contributed by atoms with Crippen molar-refractivity contribution in [3.05, 3.63) is 290 Å². The van der Waals surface area contributed by atoms with Crippen molar-refractivity contribution in [2.75, 3.05) is 14.7 Å². The van der Waals surface area contributed by atoms with Crippen LogP contribution in [0, 0.1) is 69.2 Å². The van der Waals surface area contributed by atoms with E-state index in [-0.39, 0.29) is 16.2 Å². The minimum Gasteiger partial charge on any atom is -0.311 e. The van der Waals surface area contributed by atoms with E-state index in [1.807, 2.05) is 0 Å². The maximum Gasteiger partial charge on any atom is 0.0520 e. The van der Waals surface area contributed by atoms with Crippen LogP contribution in [0.2, 0.25) is 0 Å². The second-order valence-corrected chi connectivity index (χ2v) is 27.9. The molecule has 0 heterocycles. The third-order valence-corrected chi connectivity index (χ3v) is 18.0. The van der Waals surface area contributed by atoms with E-state index in [9.17, 15) is 0 Å². The average molecular weight is 1160 g/mol. The van der Waals surface area contributed by atoms with Crippen molar-refractivity contribution in [1.29, 1.82) is 0 Å². The van der Waals surface area contributed by atoms with Crippen LogP contribution in [0.15, 0.2) is 206 Å². The highest BCUT2D eigenvalue weighted by atomic mass is 15.2. The normalized spacial score (nSPS) is 12.6.